The normalized spacial score (nSPS) is 12.1. The molecular formula is C43H81NO6. The first-order chi connectivity index (χ1) is 24.4. The van der Waals surface area contributed by atoms with Gasteiger partial charge in [-0.1, -0.05) is 154 Å². The van der Waals surface area contributed by atoms with Crippen LogP contribution in [0, 0.1) is 0 Å². The minimum absolute atomic E-state index is 0.0841. The smallest absolute Gasteiger partial charge is 0.306 e. The molecule has 0 fully saturated rings. The molecule has 7 heteroatoms. The Hall–Kier alpha value is -1.89. The van der Waals surface area contributed by atoms with Crippen molar-refractivity contribution in [1.29, 1.82) is 0 Å². The van der Waals surface area contributed by atoms with Gasteiger partial charge < -0.3 is 19.1 Å². The summed E-state index contributed by atoms with van der Waals surface area (Å²) in [4.78, 5) is 39.3. The van der Waals surface area contributed by atoms with Gasteiger partial charge in [0.05, 0.1) is 0 Å². The van der Waals surface area contributed by atoms with Crippen molar-refractivity contribution in [3.63, 3.8) is 0 Å². The van der Waals surface area contributed by atoms with Gasteiger partial charge in [0.2, 0.25) is 0 Å². The minimum Gasteiger partial charge on any atom is -0.462 e. The van der Waals surface area contributed by atoms with Crippen LogP contribution in [0.5, 0.6) is 0 Å². The summed E-state index contributed by atoms with van der Waals surface area (Å²) in [6.45, 7) is 5.13. The third-order valence-electron chi connectivity index (χ3n) is 9.27. The van der Waals surface area contributed by atoms with Crippen LogP contribution >= 0.6 is 0 Å². The average Bonchev–Trinajstić information content (AvgIpc) is 3.09. The number of unbranched alkanes of at least 4 members (excludes halogenated alkanes) is 23. The Morgan fingerprint density at radius 1 is 0.460 bits per heavy atom. The lowest BCUT2D eigenvalue weighted by Gasteiger charge is -2.18. The molecule has 7 nitrogen and oxygen atoms in total. The van der Waals surface area contributed by atoms with E-state index in [4.69, 9.17) is 14.2 Å². The molecule has 0 saturated carbocycles. The second kappa shape index (κ2) is 38.3. The van der Waals surface area contributed by atoms with E-state index in [0.29, 0.717) is 25.7 Å². The Kier molecular flexibility index (Phi) is 36.9. The van der Waals surface area contributed by atoms with Gasteiger partial charge in [-0.15, -0.1) is 0 Å². The van der Waals surface area contributed by atoms with Crippen LogP contribution in [0.4, 0.5) is 0 Å². The van der Waals surface area contributed by atoms with Crippen LogP contribution in [0.25, 0.3) is 0 Å². The molecule has 0 bridgehead atoms. The van der Waals surface area contributed by atoms with E-state index in [0.717, 1.165) is 51.5 Å². The number of carbonyl (C=O) groups is 3. The van der Waals surface area contributed by atoms with Gasteiger partial charge in [-0.05, 0) is 65.6 Å². The lowest BCUT2D eigenvalue weighted by atomic mass is 10.0. The van der Waals surface area contributed by atoms with Gasteiger partial charge >= 0.3 is 17.9 Å². The van der Waals surface area contributed by atoms with Crippen molar-refractivity contribution in [2.75, 3.05) is 33.9 Å². The molecule has 294 valence electrons. The molecule has 1 atom stereocenters. The Labute approximate surface area is 309 Å². The molecule has 50 heavy (non-hydrogen) atoms. The predicted molar refractivity (Wildman–Crippen MR) is 209 cm³/mol. The van der Waals surface area contributed by atoms with E-state index in [1.165, 1.54) is 122 Å². The Balaban J connectivity index is 4.19. The average molecular weight is 708 g/mol. The molecule has 0 aliphatic heterocycles. The van der Waals surface area contributed by atoms with Gasteiger partial charge in [0, 0.05) is 19.3 Å². The number of esters is 3. The summed E-state index contributed by atoms with van der Waals surface area (Å²) in [6.07, 6.45) is 37.4. The van der Waals surface area contributed by atoms with Crippen LogP contribution in [0.15, 0.2) is 12.2 Å². The highest BCUT2D eigenvalue weighted by atomic mass is 16.6. The first kappa shape index (κ1) is 48.1. The third kappa shape index (κ3) is 37.4. The maximum Gasteiger partial charge on any atom is 0.306 e. The molecule has 0 aliphatic carbocycles. The Morgan fingerprint density at radius 3 is 1.20 bits per heavy atom. The number of ether oxygens (including phenoxy) is 3. The maximum atomic E-state index is 12.6. The predicted octanol–water partition coefficient (Wildman–Crippen LogP) is 11.8. The number of allylic oxidation sites excluding steroid dienone is 2. The quantitative estimate of drug-likeness (QED) is 0.0273. The van der Waals surface area contributed by atoms with Crippen LogP contribution in [0.2, 0.25) is 0 Å². The molecule has 0 aliphatic rings. The van der Waals surface area contributed by atoms with Crippen molar-refractivity contribution in [3.05, 3.63) is 12.2 Å². The number of nitrogens with zero attached hydrogens (tertiary/aromatic N) is 1. The summed E-state index contributed by atoms with van der Waals surface area (Å²) >= 11 is 0. The third-order valence-corrected chi connectivity index (χ3v) is 9.27. The largest absolute Gasteiger partial charge is 0.462 e. The van der Waals surface area contributed by atoms with Crippen LogP contribution in [0.3, 0.4) is 0 Å². The maximum absolute atomic E-state index is 12.6. The molecule has 1 unspecified atom stereocenters. The highest BCUT2D eigenvalue weighted by Gasteiger charge is 2.19. The van der Waals surface area contributed by atoms with E-state index in [1.54, 1.807) is 0 Å². The van der Waals surface area contributed by atoms with Crippen LogP contribution < -0.4 is 0 Å². The number of carbonyl (C=O) groups excluding carboxylic acids is 3. The zero-order valence-electron chi connectivity index (χ0n) is 33.5. The fourth-order valence-corrected chi connectivity index (χ4v) is 6.04. The number of hydrogen-bond acceptors (Lipinski definition) is 7. The van der Waals surface area contributed by atoms with Gasteiger partial charge in [0.15, 0.2) is 6.10 Å². The topological polar surface area (TPSA) is 82.1 Å². The summed E-state index contributed by atoms with van der Waals surface area (Å²) in [5, 5.41) is 0. The zero-order chi connectivity index (χ0) is 36.8. The van der Waals surface area contributed by atoms with Gasteiger partial charge in [0.25, 0.3) is 0 Å². The monoisotopic (exact) mass is 708 g/mol. The molecule has 0 aromatic heterocycles. The highest BCUT2D eigenvalue weighted by molar-refractivity contribution is 5.71. The van der Waals surface area contributed by atoms with Crippen LogP contribution in [-0.2, 0) is 28.6 Å². The first-order valence-corrected chi connectivity index (χ1v) is 21.2. The summed E-state index contributed by atoms with van der Waals surface area (Å²) in [5.74, 6) is -0.948. The minimum atomic E-state index is -0.777. The molecular weight excluding hydrogens is 626 g/mol. The molecule has 0 radical (unpaired) electrons. The summed E-state index contributed by atoms with van der Waals surface area (Å²) in [7, 11) is 3.92. The molecule has 0 aromatic carbocycles. The van der Waals surface area contributed by atoms with Crippen LogP contribution in [-0.4, -0.2) is 62.8 Å². The molecule has 0 aromatic rings. The standard InChI is InChI=1S/C43H81NO6/c1-5-7-9-11-13-15-17-19-20-22-23-25-27-29-31-34-41(45)48-38-40(39-49-42(46)36-33-37-44(3)4)50-43(47)35-32-30-28-26-24-21-18-16-14-12-10-8-6-2/h19-20,40H,5-18,21-39H2,1-4H3. The molecule has 0 spiro atoms. The summed E-state index contributed by atoms with van der Waals surface area (Å²) < 4.78 is 16.5. The molecule has 0 rings (SSSR count). The number of rotatable bonds is 38. The van der Waals surface area contributed by atoms with E-state index in [1.807, 2.05) is 19.0 Å². The summed E-state index contributed by atoms with van der Waals surface area (Å²) in [6, 6.07) is 0. The fraction of sp³-hybridized carbons (Fsp3) is 0.884. The second-order valence-corrected chi connectivity index (χ2v) is 14.7. The molecule has 0 N–H and O–H groups in total. The highest BCUT2D eigenvalue weighted by Crippen LogP contribution is 2.14. The van der Waals surface area contributed by atoms with Crippen molar-refractivity contribution in [3.8, 4) is 0 Å². The fourth-order valence-electron chi connectivity index (χ4n) is 6.04. The Morgan fingerprint density at radius 2 is 0.800 bits per heavy atom. The van der Waals surface area contributed by atoms with E-state index >= 15 is 0 Å². The first-order valence-electron chi connectivity index (χ1n) is 21.2. The SMILES string of the molecule is CCCCCCCCC=CCCCCCCCC(=O)OCC(COC(=O)CCCN(C)C)OC(=O)CCCCCCCCCCCCCCC. The van der Waals surface area contributed by atoms with Gasteiger partial charge in [-0.3, -0.25) is 14.4 Å². The van der Waals surface area contributed by atoms with Crippen molar-refractivity contribution >= 4 is 17.9 Å². The van der Waals surface area contributed by atoms with Gasteiger partial charge in [-0.25, -0.2) is 0 Å². The van der Waals surface area contributed by atoms with E-state index in [9.17, 15) is 14.4 Å². The van der Waals surface area contributed by atoms with Crippen molar-refractivity contribution in [1.82, 2.24) is 4.90 Å². The molecule has 0 heterocycles. The van der Waals surface area contributed by atoms with E-state index < -0.39 is 6.10 Å². The summed E-state index contributed by atoms with van der Waals surface area (Å²) in [5.41, 5.74) is 0. The Bertz CT molecular complexity index is 798. The van der Waals surface area contributed by atoms with Crippen LogP contribution in [0.1, 0.15) is 206 Å². The van der Waals surface area contributed by atoms with Gasteiger partial charge in [0.1, 0.15) is 13.2 Å². The van der Waals surface area contributed by atoms with Crippen molar-refractivity contribution < 1.29 is 28.6 Å². The van der Waals surface area contributed by atoms with Crippen molar-refractivity contribution in [2.24, 2.45) is 0 Å². The zero-order valence-corrected chi connectivity index (χ0v) is 33.5. The van der Waals surface area contributed by atoms with Crippen molar-refractivity contribution in [2.45, 2.75) is 213 Å². The lowest BCUT2D eigenvalue weighted by Crippen LogP contribution is -2.31. The van der Waals surface area contributed by atoms with E-state index in [2.05, 4.69) is 26.0 Å². The van der Waals surface area contributed by atoms with E-state index in [-0.39, 0.29) is 31.1 Å². The number of hydrogen-bond donors (Lipinski definition) is 0. The molecule has 0 saturated heterocycles. The lowest BCUT2D eigenvalue weighted by molar-refractivity contribution is -0.167. The second-order valence-electron chi connectivity index (χ2n) is 14.7. The van der Waals surface area contributed by atoms with Gasteiger partial charge in [-0.2, -0.15) is 0 Å². The molecule has 0 amide bonds.